The molecule has 0 amide bonds. The van der Waals surface area contributed by atoms with E-state index in [9.17, 15) is 4.79 Å². The fourth-order valence-corrected chi connectivity index (χ4v) is 7.44. The average Bonchev–Trinajstić information content (AvgIpc) is 3.23. The van der Waals surface area contributed by atoms with E-state index in [2.05, 4.69) is 116 Å². The van der Waals surface area contributed by atoms with Crippen LogP contribution in [0.3, 0.4) is 0 Å². The summed E-state index contributed by atoms with van der Waals surface area (Å²) in [5, 5.41) is 3.37. The molecule has 1 aliphatic rings. The van der Waals surface area contributed by atoms with Crippen LogP contribution in [0.15, 0.2) is 154 Å². The number of para-hydroxylation sites is 2. The van der Waals surface area contributed by atoms with Gasteiger partial charge < -0.3 is 4.90 Å². The van der Waals surface area contributed by atoms with Gasteiger partial charge in [0, 0.05) is 37.4 Å². The first-order valence-electron chi connectivity index (χ1n) is 15.4. The number of aryl methyl sites for hydroxylation is 2. The molecular weight excluding hydrogens is 579 g/mol. The van der Waals surface area contributed by atoms with E-state index in [0.29, 0.717) is 0 Å². The van der Waals surface area contributed by atoms with Gasteiger partial charge >= 0.3 is 0 Å². The lowest BCUT2D eigenvalue weighted by atomic mass is 9.95. The second-order valence-electron chi connectivity index (χ2n) is 11.7. The largest absolute Gasteiger partial charge is 0.308 e. The maximum Gasteiger partial charge on any atom is 0.194 e. The van der Waals surface area contributed by atoms with Crippen LogP contribution in [0.2, 0.25) is 0 Å². The minimum absolute atomic E-state index is 0.0573. The molecule has 0 unspecified atom stereocenters. The first-order valence-corrected chi connectivity index (χ1v) is 16.2. The fourth-order valence-electron chi connectivity index (χ4n) is 6.38. The van der Waals surface area contributed by atoms with E-state index >= 15 is 0 Å². The summed E-state index contributed by atoms with van der Waals surface area (Å²) in [6.07, 6.45) is 0. The number of hydrogen-bond donors (Lipinski definition) is 0. The van der Waals surface area contributed by atoms with Crippen molar-refractivity contribution in [1.82, 2.24) is 0 Å². The SMILES string of the molecule is Cc1cc(-c2cccc3ccc4ccccc4c(=O)c23)ccc1C#Cc1ccc(N2c3ccccc3Sc3ccccc32)cc1C. The third kappa shape index (κ3) is 4.85. The minimum atomic E-state index is 0.0573. The van der Waals surface area contributed by atoms with Crippen molar-refractivity contribution in [3.8, 4) is 23.0 Å². The second kappa shape index (κ2) is 11.4. The molecule has 0 saturated heterocycles. The highest BCUT2D eigenvalue weighted by molar-refractivity contribution is 7.99. The van der Waals surface area contributed by atoms with Crippen LogP contribution in [0.4, 0.5) is 17.1 Å². The number of anilines is 3. The average molecular weight is 608 g/mol. The van der Waals surface area contributed by atoms with E-state index in [1.54, 1.807) is 0 Å². The molecule has 46 heavy (non-hydrogen) atoms. The summed E-state index contributed by atoms with van der Waals surface area (Å²) in [6.45, 7) is 4.22. The van der Waals surface area contributed by atoms with Gasteiger partial charge in [0.05, 0.1) is 11.4 Å². The molecule has 0 fully saturated rings. The Morgan fingerprint density at radius 2 is 1.17 bits per heavy atom. The first kappa shape index (κ1) is 28.0. The van der Waals surface area contributed by atoms with E-state index in [-0.39, 0.29) is 5.43 Å². The van der Waals surface area contributed by atoms with E-state index in [1.165, 1.54) is 21.2 Å². The van der Waals surface area contributed by atoms with Gasteiger partial charge in [-0.1, -0.05) is 115 Å². The Bertz CT molecular complexity index is 2420. The summed E-state index contributed by atoms with van der Waals surface area (Å²) < 4.78 is 0. The summed E-state index contributed by atoms with van der Waals surface area (Å²) in [5.41, 5.74) is 9.71. The Labute approximate surface area is 273 Å². The molecule has 1 heterocycles. The molecule has 0 saturated carbocycles. The molecular formula is C43H29NOS. The molecule has 7 aromatic rings. The van der Waals surface area contributed by atoms with Crippen molar-refractivity contribution in [1.29, 1.82) is 0 Å². The Morgan fingerprint density at radius 1 is 0.565 bits per heavy atom. The predicted octanol–water partition coefficient (Wildman–Crippen LogP) is 11.0. The van der Waals surface area contributed by atoms with Gasteiger partial charge in [0.25, 0.3) is 0 Å². The monoisotopic (exact) mass is 607 g/mol. The Balaban J connectivity index is 1.14. The molecule has 7 aromatic carbocycles. The van der Waals surface area contributed by atoms with Gasteiger partial charge in [-0.3, -0.25) is 4.79 Å². The fraction of sp³-hybridized carbons (Fsp3) is 0.0465. The maximum absolute atomic E-state index is 13.7. The molecule has 3 heteroatoms. The van der Waals surface area contributed by atoms with Gasteiger partial charge in [-0.25, -0.2) is 0 Å². The van der Waals surface area contributed by atoms with Crippen LogP contribution in [0, 0.1) is 25.7 Å². The van der Waals surface area contributed by atoms with Crippen molar-refractivity contribution in [3.05, 3.63) is 172 Å². The van der Waals surface area contributed by atoms with Gasteiger partial charge in [-0.2, -0.15) is 0 Å². The van der Waals surface area contributed by atoms with Crippen LogP contribution in [-0.4, -0.2) is 0 Å². The Kier molecular flexibility index (Phi) is 6.94. The number of fused-ring (bicyclic) bond motifs is 4. The topological polar surface area (TPSA) is 20.3 Å². The van der Waals surface area contributed by atoms with Crippen LogP contribution in [0.5, 0.6) is 0 Å². The highest BCUT2D eigenvalue weighted by Crippen LogP contribution is 2.51. The standard InChI is InChI=1S/C43H29NOS/c1-28-26-34(36-13-9-11-33-22-21-32-10-3-4-12-37(32)43(45)42(33)36)23-20-30(28)18-19-31-24-25-35(27-29(31)2)44-38-14-5-7-16-40(38)46-41-17-8-6-15-39(41)44/h3-17,20-27H,1-2H3. The zero-order chi connectivity index (χ0) is 31.2. The van der Waals surface area contributed by atoms with Crippen LogP contribution < -0.4 is 10.3 Å². The van der Waals surface area contributed by atoms with Gasteiger partial charge in [-0.15, -0.1) is 0 Å². The zero-order valence-corrected chi connectivity index (χ0v) is 26.4. The Hall–Kier alpha value is -5.56. The smallest absolute Gasteiger partial charge is 0.194 e. The minimum Gasteiger partial charge on any atom is -0.308 e. The van der Waals surface area contributed by atoms with Crippen molar-refractivity contribution in [2.45, 2.75) is 23.6 Å². The molecule has 2 nitrogen and oxygen atoms in total. The normalized spacial score (nSPS) is 11.9. The number of hydrogen-bond acceptors (Lipinski definition) is 3. The molecule has 0 spiro atoms. The van der Waals surface area contributed by atoms with Crippen LogP contribution in [0.25, 0.3) is 32.7 Å². The summed E-state index contributed by atoms with van der Waals surface area (Å²) in [4.78, 5) is 18.6. The van der Waals surface area contributed by atoms with Crippen LogP contribution in [0.1, 0.15) is 22.3 Å². The first-order chi connectivity index (χ1) is 22.5. The van der Waals surface area contributed by atoms with Crippen molar-refractivity contribution < 1.29 is 0 Å². The molecule has 0 N–H and O–H groups in total. The third-order valence-electron chi connectivity index (χ3n) is 8.74. The van der Waals surface area contributed by atoms with Gasteiger partial charge in [0.1, 0.15) is 0 Å². The van der Waals surface area contributed by atoms with E-state index in [1.807, 2.05) is 66.4 Å². The lowest BCUT2D eigenvalue weighted by Gasteiger charge is -2.33. The van der Waals surface area contributed by atoms with Gasteiger partial charge in [0.2, 0.25) is 0 Å². The molecule has 218 valence electrons. The van der Waals surface area contributed by atoms with Crippen LogP contribution >= 0.6 is 11.8 Å². The molecule has 0 bridgehead atoms. The zero-order valence-electron chi connectivity index (χ0n) is 25.5. The van der Waals surface area contributed by atoms with Crippen LogP contribution in [-0.2, 0) is 0 Å². The number of rotatable bonds is 2. The lowest BCUT2D eigenvalue weighted by Crippen LogP contribution is -2.14. The molecule has 0 radical (unpaired) electrons. The molecule has 0 atom stereocenters. The molecule has 1 aliphatic heterocycles. The molecule has 8 rings (SSSR count). The second-order valence-corrected chi connectivity index (χ2v) is 12.8. The highest BCUT2D eigenvalue weighted by Gasteiger charge is 2.24. The summed E-state index contributed by atoms with van der Waals surface area (Å²) >= 11 is 1.82. The number of nitrogens with zero attached hydrogens (tertiary/aromatic N) is 1. The maximum atomic E-state index is 13.7. The summed E-state index contributed by atoms with van der Waals surface area (Å²) in [5.74, 6) is 6.87. The van der Waals surface area contributed by atoms with Crippen molar-refractivity contribution in [2.24, 2.45) is 0 Å². The molecule has 0 aliphatic carbocycles. The Morgan fingerprint density at radius 3 is 1.89 bits per heavy atom. The van der Waals surface area contributed by atoms with Crippen molar-refractivity contribution in [2.75, 3.05) is 4.90 Å². The van der Waals surface area contributed by atoms with Crippen molar-refractivity contribution in [3.63, 3.8) is 0 Å². The lowest BCUT2D eigenvalue weighted by molar-refractivity contribution is 1.16. The summed E-state index contributed by atoms with van der Waals surface area (Å²) in [6, 6.07) is 47.9. The number of benzene rings is 6. The van der Waals surface area contributed by atoms with E-state index in [4.69, 9.17) is 0 Å². The summed E-state index contributed by atoms with van der Waals surface area (Å²) in [7, 11) is 0. The van der Waals surface area contributed by atoms with Gasteiger partial charge in [0.15, 0.2) is 5.43 Å². The highest BCUT2D eigenvalue weighted by atomic mass is 32.2. The van der Waals surface area contributed by atoms with Crippen molar-refractivity contribution >= 4 is 50.4 Å². The van der Waals surface area contributed by atoms with E-state index in [0.717, 1.165) is 60.6 Å². The predicted molar refractivity (Wildman–Crippen MR) is 194 cm³/mol. The molecule has 0 aromatic heterocycles. The van der Waals surface area contributed by atoms with E-state index < -0.39 is 0 Å². The van der Waals surface area contributed by atoms with Gasteiger partial charge in [-0.05, 0) is 95.4 Å². The quantitative estimate of drug-likeness (QED) is 0.182. The third-order valence-corrected chi connectivity index (χ3v) is 9.87.